The van der Waals surface area contributed by atoms with Gasteiger partial charge < -0.3 is 9.80 Å². The first kappa shape index (κ1) is 15.9. The minimum Gasteiger partial charge on any atom is -0.354 e. The molecule has 3 fully saturated rings. The Kier molecular flexibility index (Phi) is 3.97. The molecule has 0 unspecified atom stereocenters. The summed E-state index contributed by atoms with van der Waals surface area (Å²) in [5.41, 5.74) is 1.78. The minimum absolute atomic E-state index is 0.179. The smallest absolute Gasteiger partial charge is 0.230 e. The van der Waals surface area contributed by atoms with Gasteiger partial charge in [0.15, 0.2) is 0 Å². The van der Waals surface area contributed by atoms with Crippen LogP contribution in [0.5, 0.6) is 0 Å². The second-order valence-corrected chi connectivity index (χ2v) is 7.89. The number of carbonyl (C=O) groups is 1. The van der Waals surface area contributed by atoms with Crippen molar-refractivity contribution < 1.29 is 4.79 Å². The molecule has 0 aromatic carbocycles. The average molecular weight is 328 g/mol. The molecule has 5 heteroatoms. The maximum atomic E-state index is 13.3. The van der Waals surface area contributed by atoms with Crippen molar-refractivity contribution >= 4 is 11.7 Å². The Morgan fingerprint density at radius 3 is 2.62 bits per heavy atom. The molecule has 1 atom stereocenters. The van der Waals surface area contributed by atoms with Crippen molar-refractivity contribution in [1.29, 1.82) is 0 Å². The second-order valence-electron chi connectivity index (χ2n) is 7.89. The van der Waals surface area contributed by atoms with Crippen molar-refractivity contribution in [3.8, 4) is 0 Å². The molecule has 0 radical (unpaired) electrons. The highest BCUT2D eigenvalue weighted by Crippen LogP contribution is 2.43. The van der Waals surface area contributed by atoms with Gasteiger partial charge in [0.1, 0.15) is 5.82 Å². The Balaban J connectivity index is 1.53. The second kappa shape index (κ2) is 6.01. The van der Waals surface area contributed by atoms with Gasteiger partial charge in [-0.25, -0.2) is 4.98 Å². The highest BCUT2D eigenvalue weighted by atomic mass is 16.2. The van der Waals surface area contributed by atoms with Gasteiger partial charge in [-0.2, -0.15) is 0 Å². The zero-order valence-electron chi connectivity index (χ0n) is 14.9. The molecule has 1 amide bonds. The van der Waals surface area contributed by atoms with Crippen LogP contribution in [0.4, 0.5) is 5.82 Å². The molecular weight excluding hydrogens is 300 g/mol. The fourth-order valence-corrected chi connectivity index (χ4v) is 4.79. The van der Waals surface area contributed by atoms with Gasteiger partial charge in [0, 0.05) is 25.7 Å². The van der Waals surface area contributed by atoms with Crippen molar-refractivity contribution in [1.82, 2.24) is 14.9 Å². The molecule has 0 N–H and O–H groups in total. The van der Waals surface area contributed by atoms with Crippen LogP contribution < -0.4 is 4.90 Å². The summed E-state index contributed by atoms with van der Waals surface area (Å²) in [7, 11) is 0. The number of hydrogen-bond donors (Lipinski definition) is 0. The van der Waals surface area contributed by atoms with Gasteiger partial charge in [-0.1, -0.05) is 12.8 Å². The Bertz CT molecular complexity index is 640. The average Bonchev–Trinajstić information content (AvgIpc) is 3.24. The summed E-state index contributed by atoms with van der Waals surface area (Å²) in [6, 6.07) is 0.505. The Morgan fingerprint density at radius 2 is 1.88 bits per heavy atom. The van der Waals surface area contributed by atoms with Crippen LogP contribution in [0.3, 0.4) is 0 Å². The highest BCUT2D eigenvalue weighted by molar-refractivity contribution is 5.85. The van der Waals surface area contributed by atoms with Crippen molar-refractivity contribution in [3.05, 3.63) is 17.6 Å². The Morgan fingerprint density at radius 1 is 1.08 bits per heavy atom. The zero-order chi connectivity index (χ0) is 16.7. The van der Waals surface area contributed by atoms with Crippen LogP contribution in [-0.4, -0.2) is 46.5 Å². The number of likely N-dealkylation sites (tertiary alicyclic amines) is 1. The molecule has 1 aliphatic carbocycles. The molecule has 3 aliphatic rings. The van der Waals surface area contributed by atoms with Crippen LogP contribution in [0.15, 0.2) is 6.20 Å². The number of anilines is 1. The van der Waals surface area contributed by atoms with E-state index in [1.807, 2.05) is 20.0 Å². The predicted molar refractivity (Wildman–Crippen MR) is 94.0 cm³/mol. The minimum atomic E-state index is -0.179. The third kappa shape index (κ3) is 2.58. The van der Waals surface area contributed by atoms with Gasteiger partial charge in [-0.3, -0.25) is 9.78 Å². The van der Waals surface area contributed by atoms with Gasteiger partial charge in [0.2, 0.25) is 5.91 Å². The summed E-state index contributed by atoms with van der Waals surface area (Å²) in [5, 5.41) is 0. The topological polar surface area (TPSA) is 49.3 Å². The first-order chi connectivity index (χ1) is 11.6. The maximum absolute atomic E-state index is 13.3. The standard InChI is InChI=1S/C19H28N4O/c1-14-15(2)21-17(12-20-14)22-11-9-19(13-22)8-5-10-23(18(19)24)16-6-3-4-7-16/h12,16H,3-11,13H2,1-2H3/t19-/m1/s1. The molecule has 130 valence electrons. The summed E-state index contributed by atoms with van der Waals surface area (Å²) >= 11 is 0. The number of piperidine rings is 1. The summed E-state index contributed by atoms with van der Waals surface area (Å²) in [4.78, 5) is 26.9. The fourth-order valence-electron chi connectivity index (χ4n) is 4.79. The number of aromatic nitrogens is 2. The molecule has 2 aliphatic heterocycles. The third-order valence-corrected chi connectivity index (χ3v) is 6.39. The van der Waals surface area contributed by atoms with Crippen LogP contribution >= 0.6 is 0 Å². The number of hydrogen-bond acceptors (Lipinski definition) is 4. The highest BCUT2D eigenvalue weighted by Gasteiger charge is 2.50. The van der Waals surface area contributed by atoms with Crippen molar-refractivity contribution in [3.63, 3.8) is 0 Å². The number of amides is 1. The quantitative estimate of drug-likeness (QED) is 0.837. The predicted octanol–water partition coefficient (Wildman–Crippen LogP) is 2.85. The first-order valence-electron chi connectivity index (χ1n) is 9.45. The van der Waals surface area contributed by atoms with Gasteiger partial charge in [-0.15, -0.1) is 0 Å². The molecule has 5 nitrogen and oxygen atoms in total. The summed E-state index contributed by atoms with van der Waals surface area (Å²) in [6.07, 6.45) is 9.98. The third-order valence-electron chi connectivity index (χ3n) is 6.39. The van der Waals surface area contributed by atoms with Gasteiger partial charge >= 0.3 is 0 Å². The monoisotopic (exact) mass is 328 g/mol. The molecule has 3 heterocycles. The molecule has 1 aromatic rings. The van der Waals surface area contributed by atoms with E-state index in [1.165, 1.54) is 25.7 Å². The molecule has 0 bridgehead atoms. The van der Waals surface area contributed by atoms with E-state index < -0.39 is 0 Å². The lowest BCUT2D eigenvalue weighted by Crippen LogP contribution is -2.53. The van der Waals surface area contributed by atoms with Crippen LogP contribution in [0.25, 0.3) is 0 Å². The van der Waals surface area contributed by atoms with Gasteiger partial charge in [-0.05, 0) is 46.0 Å². The number of nitrogens with zero attached hydrogens (tertiary/aromatic N) is 4. The van der Waals surface area contributed by atoms with Crippen LogP contribution in [0.1, 0.15) is 56.3 Å². The SMILES string of the molecule is Cc1ncc(N2CC[C@]3(CCCN(C4CCCC4)C3=O)C2)nc1C. The number of aryl methyl sites for hydroxylation is 2. The fraction of sp³-hybridized carbons (Fsp3) is 0.737. The van der Waals surface area contributed by atoms with Gasteiger partial charge in [0.25, 0.3) is 0 Å². The zero-order valence-corrected chi connectivity index (χ0v) is 14.9. The van der Waals surface area contributed by atoms with E-state index in [4.69, 9.17) is 4.98 Å². The lowest BCUT2D eigenvalue weighted by molar-refractivity contribution is -0.147. The van der Waals surface area contributed by atoms with Crippen LogP contribution in [0.2, 0.25) is 0 Å². The van der Waals surface area contributed by atoms with E-state index in [0.717, 1.165) is 56.1 Å². The van der Waals surface area contributed by atoms with E-state index >= 15 is 0 Å². The molecule has 2 saturated heterocycles. The molecule has 1 saturated carbocycles. The van der Waals surface area contributed by atoms with E-state index in [0.29, 0.717) is 11.9 Å². The molecule has 4 rings (SSSR count). The van der Waals surface area contributed by atoms with Crippen molar-refractivity contribution in [2.45, 2.75) is 64.8 Å². The summed E-state index contributed by atoms with van der Waals surface area (Å²) in [5.74, 6) is 1.35. The molecule has 1 aromatic heterocycles. The Labute approximate surface area is 144 Å². The molecular formula is C19H28N4O. The van der Waals surface area contributed by atoms with Crippen molar-refractivity contribution in [2.24, 2.45) is 5.41 Å². The summed E-state index contributed by atoms with van der Waals surface area (Å²) < 4.78 is 0. The lowest BCUT2D eigenvalue weighted by Gasteiger charge is -2.42. The van der Waals surface area contributed by atoms with E-state index in [-0.39, 0.29) is 5.41 Å². The van der Waals surface area contributed by atoms with E-state index in [9.17, 15) is 4.79 Å². The van der Waals surface area contributed by atoms with Crippen LogP contribution in [-0.2, 0) is 4.79 Å². The Hall–Kier alpha value is -1.65. The first-order valence-corrected chi connectivity index (χ1v) is 9.45. The molecule has 1 spiro atoms. The lowest BCUT2D eigenvalue weighted by atomic mass is 9.77. The normalized spacial score (nSPS) is 28.3. The van der Waals surface area contributed by atoms with E-state index in [2.05, 4.69) is 14.8 Å². The van der Waals surface area contributed by atoms with Crippen molar-refractivity contribution in [2.75, 3.05) is 24.5 Å². The largest absolute Gasteiger partial charge is 0.354 e. The number of carbonyl (C=O) groups excluding carboxylic acids is 1. The van der Waals surface area contributed by atoms with E-state index in [1.54, 1.807) is 0 Å². The maximum Gasteiger partial charge on any atom is 0.230 e. The van der Waals surface area contributed by atoms with Gasteiger partial charge in [0.05, 0.1) is 23.0 Å². The molecule has 24 heavy (non-hydrogen) atoms. The van der Waals surface area contributed by atoms with Crippen LogP contribution in [0, 0.1) is 19.3 Å². The number of rotatable bonds is 2. The summed E-state index contributed by atoms with van der Waals surface area (Å²) in [6.45, 7) is 6.69.